The minimum absolute atomic E-state index is 0.653. The number of rotatable bonds is 10. The maximum atomic E-state index is 6.23. The first-order valence-electron chi connectivity index (χ1n) is 7.24. The smallest absolute Gasteiger partial charge is 0.137 e. The SMILES string of the molecule is COCCCCOc1ccc(CNCC(C)C)cc1Cl. The molecule has 3 nitrogen and oxygen atoms in total. The van der Waals surface area contributed by atoms with Gasteiger partial charge in [0.05, 0.1) is 11.6 Å². The van der Waals surface area contributed by atoms with Crippen LogP contribution in [-0.2, 0) is 11.3 Å². The molecule has 0 aliphatic rings. The second kappa shape index (κ2) is 10.0. The van der Waals surface area contributed by atoms with E-state index in [1.165, 1.54) is 5.56 Å². The number of nitrogens with one attached hydrogen (secondary N) is 1. The second-order valence-corrected chi connectivity index (χ2v) is 5.75. The molecule has 0 saturated heterocycles. The zero-order chi connectivity index (χ0) is 14.8. The lowest BCUT2D eigenvalue weighted by atomic mass is 10.2. The van der Waals surface area contributed by atoms with E-state index in [1.54, 1.807) is 7.11 Å². The van der Waals surface area contributed by atoms with Crippen molar-refractivity contribution in [1.82, 2.24) is 5.32 Å². The van der Waals surface area contributed by atoms with Crippen LogP contribution in [0.1, 0.15) is 32.3 Å². The van der Waals surface area contributed by atoms with E-state index in [1.807, 2.05) is 12.1 Å². The van der Waals surface area contributed by atoms with Gasteiger partial charge in [0.2, 0.25) is 0 Å². The topological polar surface area (TPSA) is 30.5 Å². The first kappa shape index (κ1) is 17.3. The summed E-state index contributed by atoms with van der Waals surface area (Å²) in [6.07, 6.45) is 1.98. The van der Waals surface area contributed by atoms with E-state index in [0.717, 1.165) is 38.3 Å². The largest absolute Gasteiger partial charge is 0.492 e. The van der Waals surface area contributed by atoms with E-state index in [0.29, 0.717) is 17.5 Å². The van der Waals surface area contributed by atoms with Gasteiger partial charge in [0, 0.05) is 20.3 Å². The van der Waals surface area contributed by atoms with Crippen molar-refractivity contribution in [1.29, 1.82) is 0 Å². The maximum absolute atomic E-state index is 6.23. The van der Waals surface area contributed by atoms with E-state index in [4.69, 9.17) is 21.1 Å². The predicted molar refractivity (Wildman–Crippen MR) is 84.6 cm³/mol. The fraction of sp³-hybridized carbons (Fsp3) is 0.625. The molecule has 1 rings (SSSR count). The van der Waals surface area contributed by atoms with Gasteiger partial charge in [-0.25, -0.2) is 0 Å². The van der Waals surface area contributed by atoms with E-state index in [2.05, 4.69) is 25.2 Å². The summed E-state index contributed by atoms with van der Waals surface area (Å²) < 4.78 is 10.7. The predicted octanol–water partition coefficient (Wildman–Crippen LogP) is 3.89. The fourth-order valence-electron chi connectivity index (χ4n) is 1.81. The molecule has 0 atom stereocenters. The highest BCUT2D eigenvalue weighted by atomic mass is 35.5. The summed E-state index contributed by atoms with van der Waals surface area (Å²) in [6.45, 7) is 7.69. The van der Waals surface area contributed by atoms with Gasteiger partial charge in [-0.15, -0.1) is 0 Å². The van der Waals surface area contributed by atoms with Crippen molar-refractivity contribution in [3.05, 3.63) is 28.8 Å². The van der Waals surface area contributed by atoms with Crippen molar-refractivity contribution in [3.63, 3.8) is 0 Å². The molecule has 0 amide bonds. The van der Waals surface area contributed by atoms with Gasteiger partial charge < -0.3 is 14.8 Å². The summed E-state index contributed by atoms with van der Waals surface area (Å²) in [6, 6.07) is 5.98. The third kappa shape index (κ3) is 7.13. The average Bonchev–Trinajstić information content (AvgIpc) is 2.40. The molecule has 0 spiro atoms. The summed E-state index contributed by atoms with van der Waals surface area (Å²) in [5.74, 6) is 1.41. The highest BCUT2D eigenvalue weighted by Crippen LogP contribution is 2.25. The van der Waals surface area contributed by atoms with Crippen LogP contribution in [0.4, 0.5) is 0 Å². The molecule has 0 unspecified atom stereocenters. The molecular formula is C16H26ClNO2. The molecule has 114 valence electrons. The number of halogens is 1. The lowest BCUT2D eigenvalue weighted by Gasteiger charge is -2.11. The van der Waals surface area contributed by atoms with Crippen LogP contribution in [0.3, 0.4) is 0 Å². The average molecular weight is 300 g/mol. The van der Waals surface area contributed by atoms with Crippen LogP contribution in [-0.4, -0.2) is 26.9 Å². The molecule has 20 heavy (non-hydrogen) atoms. The molecule has 0 aliphatic heterocycles. The minimum Gasteiger partial charge on any atom is -0.492 e. The highest BCUT2D eigenvalue weighted by Gasteiger charge is 2.03. The van der Waals surface area contributed by atoms with Gasteiger partial charge in [0.25, 0.3) is 0 Å². The van der Waals surface area contributed by atoms with Crippen molar-refractivity contribution in [3.8, 4) is 5.75 Å². The molecule has 0 aromatic heterocycles. The third-order valence-electron chi connectivity index (χ3n) is 2.88. The van der Waals surface area contributed by atoms with Gasteiger partial charge >= 0.3 is 0 Å². The van der Waals surface area contributed by atoms with Crippen molar-refractivity contribution in [2.24, 2.45) is 5.92 Å². The summed E-state index contributed by atoms with van der Waals surface area (Å²) in [7, 11) is 1.71. The number of hydrogen-bond donors (Lipinski definition) is 1. The van der Waals surface area contributed by atoms with Crippen molar-refractivity contribution >= 4 is 11.6 Å². The molecular weight excluding hydrogens is 274 g/mol. The van der Waals surface area contributed by atoms with Crippen LogP contribution in [0, 0.1) is 5.92 Å². The molecule has 1 N–H and O–H groups in total. The molecule has 0 bridgehead atoms. The normalized spacial score (nSPS) is 11.1. The van der Waals surface area contributed by atoms with E-state index in [-0.39, 0.29) is 0 Å². The number of methoxy groups -OCH3 is 1. The van der Waals surface area contributed by atoms with Crippen LogP contribution >= 0.6 is 11.6 Å². The number of hydrogen-bond acceptors (Lipinski definition) is 3. The third-order valence-corrected chi connectivity index (χ3v) is 3.17. The van der Waals surface area contributed by atoms with Gasteiger partial charge in [0.15, 0.2) is 0 Å². The summed E-state index contributed by atoms with van der Waals surface area (Å²) in [4.78, 5) is 0. The Labute approximate surface area is 127 Å². The van der Waals surface area contributed by atoms with Crippen LogP contribution < -0.4 is 10.1 Å². The molecule has 4 heteroatoms. The monoisotopic (exact) mass is 299 g/mol. The first-order chi connectivity index (χ1) is 9.63. The standard InChI is InChI=1S/C16H26ClNO2/c1-13(2)11-18-12-14-6-7-16(15(17)10-14)20-9-5-4-8-19-3/h6-7,10,13,18H,4-5,8-9,11-12H2,1-3H3. The lowest BCUT2D eigenvalue weighted by molar-refractivity contribution is 0.184. The Balaban J connectivity index is 2.35. The van der Waals surface area contributed by atoms with Crippen molar-refractivity contribution < 1.29 is 9.47 Å². The summed E-state index contributed by atoms with van der Waals surface area (Å²) >= 11 is 6.23. The number of ether oxygens (including phenoxy) is 2. The van der Waals surface area contributed by atoms with Crippen molar-refractivity contribution in [2.75, 3.05) is 26.9 Å². The number of unbranched alkanes of at least 4 members (excludes halogenated alkanes) is 1. The Morgan fingerprint density at radius 3 is 2.60 bits per heavy atom. The molecule has 0 saturated carbocycles. The van der Waals surface area contributed by atoms with E-state index >= 15 is 0 Å². The lowest BCUT2D eigenvalue weighted by Crippen LogP contribution is -2.18. The molecule has 1 aromatic carbocycles. The van der Waals surface area contributed by atoms with Crippen LogP contribution in [0.5, 0.6) is 5.75 Å². The van der Waals surface area contributed by atoms with Crippen LogP contribution in [0.2, 0.25) is 5.02 Å². The summed E-state index contributed by atoms with van der Waals surface area (Å²) in [5.41, 5.74) is 1.18. The maximum Gasteiger partial charge on any atom is 0.137 e. The quantitative estimate of drug-likeness (QED) is 0.665. The zero-order valence-electron chi connectivity index (χ0n) is 12.7. The highest BCUT2D eigenvalue weighted by molar-refractivity contribution is 6.32. The second-order valence-electron chi connectivity index (χ2n) is 5.34. The zero-order valence-corrected chi connectivity index (χ0v) is 13.5. The summed E-state index contributed by atoms with van der Waals surface area (Å²) in [5, 5.41) is 4.08. The van der Waals surface area contributed by atoms with Crippen molar-refractivity contribution in [2.45, 2.75) is 33.2 Å². The van der Waals surface area contributed by atoms with E-state index in [9.17, 15) is 0 Å². The number of benzene rings is 1. The van der Waals surface area contributed by atoms with Gasteiger partial charge in [-0.3, -0.25) is 0 Å². The van der Waals surface area contributed by atoms with Gasteiger partial charge in [-0.2, -0.15) is 0 Å². The molecule has 0 heterocycles. The minimum atomic E-state index is 0.653. The van der Waals surface area contributed by atoms with Gasteiger partial charge in [0.1, 0.15) is 5.75 Å². The van der Waals surface area contributed by atoms with Crippen LogP contribution in [0.25, 0.3) is 0 Å². The molecule has 1 aromatic rings. The Morgan fingerprint density at radius 1 is 1.20 bits per heavy atom. The Kier molecular flexibility index (Phi) is 8.67. The Hall–Kier alpha value is -0.770. The fourth-order valence-corrected chi connectivity index (χ4v) is 2.06. The first-order valence-corrected chi connectivity index (χ1v) is 7.62. The Morgan fingerprint density at radius 2 is 1.95 bits per heavy atom. The molecule has 0 aliphatic carbocycles. The van der Waals surface area contributed by atoms with Crippen LogP contribution in [0.15, 0.2) is 18.2 Å². The molecule has 0 radical (unpaired) electrons. The molecule has 0 fully saturated rings. The van der Waals surface area contributed by atoms with Gasteiger partial charge in [-0.1, -0.05) is 31.5 Å². The van der Waals surface area contributed by atoms with Gasteiger partial charge in [-0.05, 0) is 43.0 Å². The van der Waals surface area contributed by atoms with E-state index < -0.39 is 0 Å². The Bertz CT molecular complexity index is 383.